The van der Waals surface area contributed by atoms with Crippen LogP contribution in [0, 0.1) is 12.7 Å². The number of nitrogens with two attached hydrogens (primary N) is 1. The Morgan fingerprint density at radius 3 is 2.67 bits per heavy atom. The minimum absolute atomic E-state index is 0.240. The van der Waals surface area contributed by atoms with E-state index in [1.165, 1.54) is 6.07 Å². The molecule has 2 rings (SSSR count). The lowest BCUT2D eigenvalue weighted by molar-refractivity contribution is 0.473. The van der Waals surface area contributed by atoms with Crippen molar-refractivity contribution in [3.63, 3.8) is 0 Å². The monoisotopic (exact) mass is 309 g/mol. The minimum atomic E-state index is -0.240. The second-order valence-electron chi connectivity index (χ2n) is 3.97. The molecule has 2 nitrogen and oxygen atoms in total. The van der Waals surface area contributed by atoms with Crippen molar-refractivity contribution in [3.8, 4) is 11.5 Å². The SMILES string of the molecule is Cc1cc(Oc2cc(Br)ccc2CN)ccc1F. The molecule has 0 saturated heterocycles. The molecule has 0 heterocycles. The number of aryl methyl sites for hydroxylation is 1. The van der Waals surface area contributed by atoms with Gasteiger partial charge < -0.3 is 10.5 Å². The van der Waals surface area contributed by atoms with Gasteiger partial charge in [-0.1, -0.05) is 22.0 Å². The molecule has 4 heteroatoms. The Kier molecular flexibility index (Phi) is 3.99. The van der Waals surface area contributed by atoms with E-state index in [0.717, 1.165) is 10.0 Å². The Labute approximate surface area is 114 Å². The van der Waals surface area contributed by atoms with Gasteiger partial charge in [0, 0.05) is 16.6 Å². The summed E-state index contributed by atoms with van der Waals surface area (Å²) in [5, 5.41) is 0. The maximum Gasteiger partial charge on any atom is 0.133 e. The maximum absolute atomic E-state index is 13.2. The van der Waals surface area contributed by atoms with E-state index in [9.17, 15) is 4.39 Å². The van der Waals surface area contributed by atoms with Gasteiger partial charge in [0.15, 0.2) is 0 Å². The van der Waals surface area contributed by atoms with E-state index in [2.05, 4.69) is 15.9 Å². The highest BCUT2D eigenvalue weighted by atomic mass is 79.9. The molecule has 2 aromatic rings. The number of hydrogen-bond acceptors (Lipinski definition) is 2. The molecule has 0 aliphatic rings. The third-order valence-corrected chi connectivity index (χ3v) is 3.10. The molecule has 0 aliphatic heterocycles. The predicted molar refractivity (Wildman–Crippen MR) is 73.2 cm³/mol. The van der Waals surface area contributed by atoms with Gasteiger partial charge in [0.2, 0.25) is 0 Å². The largest absolute Gasteiger partial charge is 0.457 e. The summed E-state index contributed by atoms with van der Waals surface area (Å²) in [5.41, 5.74) is 7.11. The third-order valence-electron chi connectivity index (χ3n) is 2.61. The normalized spacial score (nSPS) is 10.4. The van der Waals surface area contributed by atoms with Gasteiger partial charge in [0.05, 0.1) is 0 Å². The zero-order valence-electron chi connectivity index (χ0n) is 9.91. The fourth-order valence-electron chi connectivity index (χ4n) is 1.60. The summed E-state index contributed by atoms with van der Waals surface area (Å²) in [4.78, 5) is 0. The molecule has 0 fully saturated rings. The number of hydrogen-bond donors (Lipinski definition) is 1. The van der Waals surface area contributed by atoms with E-state index in [1.807, 2.05) is 18.2 Å². The molecule has 0 radical (unpaired) electrons. The smallest absolute Gasteiger partial charge is 0.133 e. The molecular formula is C14H13BrFNO. The van der Waals surface area contributed by atoms with E-state index in [4.69, 9.17) is 10.5 Å². The van der Waals surface area contributed by atoms with Crippen molar-refractivity contribution >= 4 is 15.9 Å². The van der Waals surface area contributed by atoms with Gasteiger partial charge in [-0.3, -0.25) is 0 Å². The van der Waals surface area contributed by atoms with Gasteiger partial charge in [-0.05, 0) is 42.8 Å². The average molecular weight is 310 g/mol. The van der Waals surface area contributed by atoms with Gasteiger partial charge in [0.1, 0.15) is 17.3 Å². The van der Waals surface area contributed by atoms with Crippen molar-refractivity contribution in [2.45, 2.75) is 13.5 Å². The maximum atomic E-state index is 13.2. The third kappa shape index (κ3) is 2.89. The highest BCUT2D eigenvalue weighted by Crippen LogP contribution is 2.29. The standard InChI is InChI=1S/C14H13BrFNO/c1-9-6-12(4-5-13(9)16)18-14-7-11(15)3-2-10(14)8-17/h2-7H,8,17H2,1H3. The number of benzene rings is 2. The van der Waals surface area contributed by atoms with E-state index >= 15 is 0 Å². The topological polar surface area (TPSA) is 35.2 Å². The van der Waals surface area contributed by atoms with Crippen LogP contribution >= 0.6 is 15.9 Å². The van der Waals surface area contributed by atoms with E-state index < -0.39 is 0 Å². The summed E-state index contributed by atoms with van der Waals surface area (Å²) >= 11 is 3.38. The summed E-state index contributed by atoms with van der Waals surface area (Å²) in [7, 11) is 0. The van der Waals surface area contributed by atoms with Crippen LogP contribution in [0.15, 0.2) is 40.9 Å². The van der Waals surface area contributed by atoms with Crippen LogP contribution in [0.2, 0.25) is 0 Å². The molecule has 0 bridgehead atoms. The van der Waals surface area contributed by atoms with E-state index in [0.29, 0.717) is 23.6 Å². The molecule has 0 amide bonds. The van der Waals surface area contributed by atoms with Crippen molar-refractivity contribution in [3.05, 3.63) is 57.8 Å². The first kappa shape index (κ1) is 13.1. The second kappa shape index (κ2) is 5.50. The fraction of sp³-hybridized carbons (Fsp3) is 0.143. The molecule has 2 aromatic carbocycles. The van der Waals surface area contributed by atoms with Crippen molar-refractivity contribution < 1.29 is 9.13 Å². The van der Waals surface area contributed by atoms with Crippen molar-refractivity contribution in [2.24, 2.45) is 5.73 Å². The molecular weight excluding hydrogens is 297 g/mol. The Hall–Kier alpha value is -1.39. The second-order valence-corrected chi connectivity index (χ2v) is 4.88. The van der Waals surface area contributed by atoms with E-state index in [1.54, 1.807) is 19.1 Å². The number of halogens is 2. The lowest BCUT2D eigenvalue weighted by atomic mass is 10.2. The van der Waals surface area contributed by atoms with Crippen molar-refractivity contribution in [2.75, 3.05) is 0 Å². The van der Waals surface area contributed by atoms with E-state index in [-0.39, 0.29) is 5.82 Å². The fourth-order valence-corrected chi connectivity index (χ4v) is 1.94. The molecule has 94 valence electrons. The number of rotatable bonds is 3. The zero-order chi connectivity index (χ0) is 13.1. The Morgan fingerprint density at radius 1 is 1.22 bits per heavy atom. The van der Waals surface area contributed by atoms with Crippen LogP contribution in [0.4, 0.5) is 4.39 Å². The summed E-state index contributed by atoms with van der Waals surface area (Å²) in [6, 6.07) is 10.3. The first-order valence-electron chi connectivity index (χ1n) is 5.52. The molecule has 2 N–H and O–H groups in total. The molecule has 0 saturated carbocycles. The molecule has 0 aliphatic carbocycles. The van der Waals surface area contributed by atoms with Gasteiger partial charge in [-0.15, -0.1) is 0 Å². The van der Waals surface area contributed by atoms with Gasteiger partial charge in [0.25, 0.3) is 0 Å². The highest BCUT2D eigenvalue weighted by Gasteiger charge is 2.06. The molecule has 18 heavy (non-hydrogen) atoms. The lowest BCUT2D eigenvalue weighted by Crippen LogP contribution is -1.99. The summed E-state index contributed by atoms with van der Waals surface area (Å²) < 4.78 is 19.8. The molecule has 0 unspecified atom stereocenters. The van der Waals surface area contributed by atoms with Crippen LogP contribution in [0.3, 0.4) is 0 Å². The average Bonchev–Trinajstić information content (AvgIpc) is 2.34. The Morgan fingerprint density at radius 2 is 2.00 bits per heavy atom. The van der Waals surface area contributed by atoms with Crippen LogP contribution in [0.25, 0.3) is 0 Å². The number of ether oxygens (including phenoxy) is 1. The lowest BCUT2D eigenvalue weighted by Gasteiger charge is -2.11. The van der Waals surface area contributed by atoms with Gasteiger partial charge in [-0.2, -0.15) is 0 Å². The summed E-state index contributed by atoms with van der Waals surface area (Å²) in [5.74, 6) is 1.04. The summed E-state index contributed by atoms with van der Waals surface area (Å²) in [6.45, 7) is 2.09. The molecule has 0 spiro atoms. The first-order valence-corrected chi connectivity index (χ1v) is 6.32. The van der Waals surface area contributed by atoms with Crippen LogP contribution in [-0.4, -0.2) is 0 Å². The van der Waals surface area contributed by atoms with Gasteiger partial charge >= 0.3 is 0 Å². The Bertz CT molecular complexity index is 572. The quantitative estimate of drug-likeness (QED) is 0.924. The Balaban J connectivity index is 2.33. The van der Waals surface area contributed by atoms with Crippen LogP contribution in [0.1, 0.15) is 11.1 Å². The van der Waals surface area contributed by atoms with Crippen molar-refractivity contribution in [1.29, 1.82) is 0 Å². The zero-order valence-corrected chi connectivity index (χ0v) is 11.5. The predicted octanol–water partition coefficient (Wildman–Crippen LogP) is 4.15. The molecule has 0 atom stereocenters. The van der Waals surface area contributed by atoms with Crippen LogP contribution in [0.5, 0.6) is 11.5 Å². The van der Waals surface area contributed by atoms with Crippen LogP contribution < -0.4 is 10.5 Å². The minimum Gasteiger partial charge on any atom is -0.457 e. The molecule has 0 aromatic heterocycles. The summed E-state index contributed by atoms with van der Waals surface area (Å²) in [6.07, 6.45) is 0. The highest BCUT2D eigenvalue weighted by molar-refractivity contribution is 9.10. The van der Waals surface area contributed by atoms with Crippen molar-refractivity contribution in [1.82, 2.24) is 0 Å². The van der Waals surface area contributed by atoms with Gasteiger partial charge in [-0.25, -0.2) is 4.39 Å². The first-order chi connectivity index (χ1) is 8.60. The van der Waals surface area contributed by atoms with Crippen LogP contribution in [-0.2, 0) is 6.54 Å².